The Bertz CT molecular complexity index is 877. The second-order valence-corrected chi connectivity index (χ2v) is 13.6. The summed E-state index contributed by atoms with van der Waals surface area (Å²) < 4.78 is 13.1. The number of rotatable bonds is 28. The average molecular weight is 630 g/mol. The summed E-state index contributed by atoms with van der Waals surface area (Å²) in [5, 5.41) is 0. The minimum absolute atomic E-state index is 0.0535. The third-order valence-electron chi connectivity index (χ3n) is 8.17. The van der Waals surface area contributed by atoms with Crippen LogP contribution in [0, 0.1) is 11.8 Å². The molecule has 0 saturated heterocycles. The molecule has 45 heavy (non-hydrogen) atoms. The van der Waals surface area contributed by atoms with Gasteiger partial charge in [0.25, 0.3) is 0 Å². The summed E-state index contributed by atoms with van der Waals surface area (Å²) in [6.45, 7) is 18.1. The second-order valence-electron chi connectivity index (χ2n) is 13.6. The van der Waals surface area contributed by atoms with Crippen molar-refractivity contribution < 1.29 is 19.1 Å². The summed E-state index contributed by atoms with van der Waals surface area (Å²) in [7, 11) is 0. The summed E-state index contributed by atoms with van der Waals surface area (Å²) in [6.07, 6.45) is 25.3. The molecule has 0 radical (unpaired) electrons. The Labute approximate surface area is 276 Å². The van der Waals surface area contributed by atoms with Crippen molar-refractivity contribution in [3.05, 3.63) is 42.0 Å². The molecular formula is C38H67N3O4. The number of aryl methyl sites for hydroxylation is 1. The lowest BCUT2D eigenvalue weighted by molar-refractivity contribution is -0.145. The van der Waals surface area contributed by atoms with Crippen molar-refractivity contribution in [1.29, 1.82) is 0 Å². The summed E-state index contributed by atoms with van der Waals surface area (Å²) in [4.78, 5) is 31.0. The van der Waals surface area contributed by atoms with E-state index in [-0.39, 0.29) is 11.9 Å². The topological polar surface area (TPSA) is 73.7 Å². The number of carbonyl (C=O) groups is 2. The van der Waals surface area contributed by atoms with Crippen LogP contribution in [0.2, 0.25) is 0 Å². The first-order valence-corrected chi connectivity index (χ1v) is 17.9. The van der Waals surface area contributed by atoms with E-state index in [9.17, 15) is 9.59 Å². The van der Waals surface area contributed by atoms with Crippen molar-refractivity contribution in [1.82, 2.24) is 14.5 Å². The van der Waals surface area contributed by atoms with E-state index in [0.717, 1.165) is 96.8 Å². The van der Waals surface area contributed by atoms with Gasteiger partial charge in [0.15, 0.2) is 0 Å². The maximum absolute atomic E-state index is 12.1. The molecule has 0 N–H and O–H groups in total. The van der Waals surface area contributed by atoms with Crippen molar-refractivity contribution >= 4 is 11.9 Å². The minimum atomic E-state index is -0.0535. The van der Waals surface area contributed by atoms with Crippen molar-refractivity contribution in [2.75, 3.05) is 32.8 Å². The highest BCUT2D eigenvalue weighted by atomic mass is 16.5. The number of carbonyl (C=O) groups excluding carboxylic acids is 2. The molecule has 0 spiro atoms. The van der Waals surface area contributed by atoms with Gasteiger partial charge in [0, 0.05) is 31.8 Å². The molecule has 7 heteroatoms. The van der Waals surface area contributed by atoms with E-state index in [0.29, 0.717) is 37.9 Å². The number of hydrogen-bond donors (Lipinski definition) is 0. The molecule has 0 aromatic carbocycles. The van der Waals surface area contributed by atoms with Crippen molar-refractivity contribution in [2.45, 2.75) is 144 Å². The fraction of sp³-hybridized carbons (Fsp3) is 0.763. The standard InChI is InChI=1S/C38H67N3O4/c1-33(2)18-15-20-35(5)30-37(42)44-28-13-9-7-11-23-40(25-17-26-41-27-22-39-32-41)24-12-8-10-14-29-45-38(43)31-36(6)21-16-19-34(3)4/h18-19,22,27,32,35-36H,7-17,20-21,23-26,28-31H2,1-6H3. The SMILES string of the molecule is CC(C)=CCCC(C)CC(=O)OCCCCCCN(CCCCCCOC(=O)CC(C)CCC=C(C)C)CCCn1ccnc1. The molecule has 0 bridgehead atoms. The van der Waals surface area contributed by atoms with Gasteiger partial charge >= 0.3 is 11.9 Å². The van der Waals surface area contributed by atoms with Gasteiger partial charge in [0.2, 0.25) is 0 Å². The van der Waals surface area contributed by atoms with Crippen LogP contribution in [-0.4, -0.2) is 59.2 Å². The predicted molar refractivity (Wildman–Crippen MR) is 187 cm³/mol. The number of ether oxygens (including phenoxy) is 2. The first kappa shape index (κ1) is 40.6. The van der Waals surface area contributed by atoms with Gasteiger partial charge in [0.05, 0.1) is 19.5 Å². The molecule has 0 amide bonds. The Hall–Kier alpha value is -2.41. The van der Waals surface area contributed by atoms with Gasteiger partial charge in [0.1, 0.15) is 0 Å². The number of imidazole rings is 1. The maximum atomic E-state index is 12.1. The van der Waals surface area contributed by atoms with Crippen LogP contribution >= 0.6 is 0 Å². The van der Waals surface area contributed by atoms with Gasteiger partial charge < -0.3 is 18.9 Å². The molecular weight excluding hydrogens is 562 g/mol. The molecule has 1 aromatic heterocycles. The fourth-order valence-electron chi connectivity index (χ4n) is 5.39. The monoisotopic (exact) mass is 630 g/mol. The Morgan fingerprint density at radius 3 is 1.62 bits per heavy atom. The third-order valence-corrected chi connectivity index (χ3v) is 8.17. The molecule has 2 atom stereocenters. The summed E-state index contributed by atoms with van der Waals surface area (Å²) >= 11 is 0. The lowest BCUT2D eigenvalue weighted by Crippen LogP contribution is -2.28. The first-order valence-electron chi connectivity index (χ1n) is 17.9. The van der Waals surface area contributed by atoms with Gasteiger partial charge in [-0.05, 0) is 117 Å². The molecule has 7 nitrogen and oxygen atoms in total. The number of aromatic nitrogens is 2. The molecule has 0 aliphatic rings. The number of unbranched alkanes of at least 4 members (excludes halogenated alkanes) is 6. The molecule has 1 rings (SSSR count). The zero-order valence-corrected chi connectivity index (χ0v) is 29.9. The van der Waals surface area contributed by atoms with Gasteiger partial charge in [-0.1, -0.05) is 62.8 Å². The van der Waals surface area contributed by atoms with E-state index < -0.39 is 0 Å². The second kappa shape index (κ2) is 26.8. The van der Waals surface area contributed by atoms with E-state index in [1.165, 1.54) is 24.0 Å². The van der Waals surface area contributed by atoms with E-state index in [1.807, 2.05) is 18.7 Å². The fourth-order valence-corrected chi connectivity index (χ4v) is 5.39. The van der Waals surface area contributed by atoms with E-state index in [2.05, 4.69) is 68.1 Å². The summed E-state index contributed by atoms with van der Waals surface area (Å²) in [5.41, 5.74) is 2.67. The summed E-state index contributed by atoms with van der Waals surface area (Å²) in [5.74, 6) is 0.628. The Kier molecular flexibility index (Phi) is 24.2. The van der Waals surface area contributed by atoms with Gasteiger partial charge in [-0.15, -0.1) is 0 Å². The first-order chi connectivity index (χ1) is 21.7. The number of nitrogens with zero attached hydrogens (tertiary/aromatic N) is 3. The highest BCUT2D eigenvalue weighted by molar-refractivity contribution is 5.69. The molecule has 1 aromatic rings. The van der Waals surface area contributed by atoms with Crippen LogP contribution in [0.15, 0.2) is 42.0 Å². The minimum Gasteiger partial charge on any atom is -0.466 e. The van der Waals surface area contributed by atoms with Gasteiger partial charge in [-0.3, -0.25) is 9.59 Å². The maximum Gasteiger partial charge on any atom is 0.306 e. The van der Waals surface area contributed by atoms with E-state index in [1.54, 1.807) is 0 Å². The Morgan fingerprint density at radius 2 is 1.18 bits per heavy atom. The number of esters is 2. The third kappa shape index (κ3) is 25.5. The van der Waals surface area contributed by atoms with E-state index in [4.69, 9.17) is 9.47 Å². The van der Waals surface area contributed by atoms with Crippen LogP contribution in [-0.2, 0) is 25.6 Å². The van der Waals surface area contributed by atoms with Crippen molar-refractivity contribution in [2.24, 2.45) is 11.8 Å². The Morgan fingerprint density at radius 1 is 0.711 bits per heavy atom. The molecule has 0 fully saturated rings. The van der Waals surface area contributed by atoms with Gasteiger partial charge in [-0.2, -0.15) is 0 Å². The smallest absolute Gasteiger partial charge is 0.306 e. The molecule has 1 heterocycles. The molecule has 0 aliphatic heterocycles. The normalized spacial score (nSPS) is 12.5. The van der Waals surface area contributed by atoms with Crippen LogP contribution in [0.4, 0.5) is 0 Å². The van der Waals surface area contributed by atoms with Crippen LogP contribution < -0.4 is 0 Å². The lowest BCUT2D eigenvalue weighted by Gasteiger charge is -2.22. The highest BCUT2D eigenvalue weighted by Gasteiger charge is 2.11. The van der Waals surface area contributed by atoms with Gasteiger partial charge in [-0.25, -0.2) is 4.98 Å². The average Bonchev–Trinajstić information content (AvgIpc) is 3.49. The van der Waals surface area contributed by atoms with Crippen LogP contribution in [0.1, 0.15) is 138 Å². The van der Waals surface area contributed by atoms with Crippen LogP contribution in [0.25, 0.3) is 0 Å². The molecule has 2 unspecified atom stereocenters. The Balaban J connectivity index is 2.19. The zero-order valence-electron chi connectivity index (χ0n) is 29.9. The van der Waals surface area contributed by atoms with Crippen LogP contribution in [0.5, 0.6) is 0 Å². The molecule has 258 valence electrons. The van der Waals surface area contributed by atoms with Crippen molar-refractivity contribution in [3.63, 3.8) is 0 Å². The highest BCUT2D eigenvalue weighted by Crippen LogP contribution is 2.15. The molecule has 0 aliphatic carbocycles. The largest absolute Gasteiger partial charge is 0.466 e. The van der Waals surface area contributed by atoms with Crippen LogP contribution in [0.3, 0.4) is 0 Å². The summed E-state index contributed by atoms with van der Waals surface area (Å²) in [6, 6.07) is 0. The zero-order chi connectivity index (χ0) is 33.1. The quantitative estimate of drug-likeness (QED) is 0.0522. The van der Waals surface area contributed by atoms with E-state index >= 15 is 0 Å². The van der Waals surface area contributed by atoms with Crippen molar-refractivity contribution in [3.8, 4) is 0 Å². The lowest BCUT2D eigenvalue weighted by atomic mass is 10.0. The number of allylic oxidation sites excluding steroid dienone is 4. The molecule has 0 saturated carbocycles. The number of hydrogen-bond acceptors (Lipinski definition) is 6. The predicted octanol–water partition coefficient (Wildman–Crippen LogP) is 9.33.